The highest BCUT2D eigenvalue weighted by Gasteiger charge is 2.22. The van der Waals surface area contributed by atoms with Crippen LogP contribution in [0.4, 0.5) is 14.9 Å². The van der Waals surface area contributed by atoms with E-state index in [1.165, 1.54) is 12.1 Å². The minimum Gasteiger partial charge on any atom is -0.329 e. The summed E-state index contributed by atoms with van der Waals surface area (Å²) in [5.74, 6) is -0.297. The number of hydrogen-bond donors (Lipinski definition) is 2. The predicted molar refractivity (Wildman–Crippen MR) is 85.7 cm³/mol. The average Bonchev–Trinajstić information content (AvgIpc) is 2.41. The van der Waals surface area contributed by atoms with Crippen LogP contribution in [0, 0.1) is 5.82 Å². The molecule has 0 aliphatic heterocycles. The lowest BCUT2D eigenvalue weighted by atomic mass is 9.94. The van der Waals surface area contributed by atoms with Crippen LogP contribution in [-0.4, -0.2) is 6.03 Å². The second-order valence-corrected chi connectivity index (χ2v) is 6.13. The molecule has 0 aromatic heterocycles. The number of hydrogen-bond acceptors (Lipinski definition) is 1. The Bertz CT molecular complexity index is 624. The van der Waals surface area contributed by atoms with Gasteiger partial charge in [-0.3, -0.25) is 0 Å². The monoisotopic (exact) mass is 350 g/mol. The molecule has 0 bridgehead atoms. The zero-order chi connectivity index (χ0) is 15.5. The quantitative estimate of drug-likeness (QED) is 0.831. The average molecular weight is 351 g/mol. The van der Waals surface area contributed by atoms with Crippen LogP contribution in [0.2, 0.25) is 0 Å². The normalized spacial score (nSPS) is 11.0. The third kappa shape index (κ3) is 4.29. The zero-order valence-corrected chi connectivity index (χ0v) is 13.4. The third-order valence-corrected chi connectivity index (χ3v) is 3.62. The molecule has 0 aliphatic rings. The van der Waals surface area contributed by atoms with E-state index in [9.17, 15) is 9.18 Å². The number of amides is 2. The van der Waals surface area contributed by atoms with Crippen molar-refractivity contribution < 1.29 is 9.18 Å². The van der Waals surface area contributed by atoms with Gasteiger partial charge in [0.15, 0.2) is 0 Å². The summed E-state index contributed by atoms with van der Waals surface area (Å²) < 4.78 is 13.9. The molecule has 0 fully saturated rings. The smallest absolute Gasteiger partial charge is 0.319 e. The van der Waals surface area contributed by atoms with Crippen LogP contribution in [0.25, 0.3) is 0 Å². The maximum absolute atomic E-state index is 13.0. The Balaban J connectivity index is 2.03. The molecule has 2 amide bonds. The van der Waals surface area contributed by atoms with Gasteiger partial charge in [-0.05, 0) is 55.8 Å². The molecule has 0 saturated carbocycles. The number of halogens is 2. The molecule has 0 spiro atoms. The van der Waals surface area contributed by atoms with Gasteiger partial charge in [-0.15, -0.1) is 0 Å². The number of rotatable bonds is 3. The van der Waals surface area contributed by atoms with E-state index in [-0.39, 0.29) is 11.8 Å². The molecule has 0 heterocycles. The van der Waals surface area contributed by atoms with Crippen LogP contribution >= 0.6 is 15.9 Å². The minimum atomic E-state index is -0.604. The highest BCUT2D eigenvalue weighted by Crippen LogP contribution is 2.21. The maximum atomic E-state index is 13.0. The van der Waals surface area contributed by atoms with Crippen molar-refractivity contribution in [3.05, 3.63) is 64.4 Å². The highest BCUT2D eigenvalue weighted by atomic mass is 79.9. The van der Waals surface area contributed by atoms with Gasteiger partial charge in [0.2, 0.25) is 0 Å². The lowest BCUT2D eigenvalue weighted by Crippen LogP contribution is -2.43. The standard InChI is InChI=1S/C16H16BrFN2O/c1-16(2,11-3-7-13(18)8-4-11)20-15(21)19-14-9-5-12(17)6-10-14/h3-10H,1-2H3,(H2,19,20,21). The summed E-state index contributed by atoms with van der Waals surface area (Å²) in [6, 6.07) is 13.1. The van der Waals surface area contributed by atoms with Gasteiger partial charge >= 0.3 is 6.03 Å². The first-order valence-corrected chi connectivity index (χ1v) is 7.27. The van der Waals surface area contributed by atoms with Crippen LogP contribution < -0.4 is 10.6 Å². The largest absolute Gasteiger partial charge is 0.329 e. The molecule has 2 rings (SSSR count). The van der Waals surface area contributed by atoms with Gasteiger partial charge in [0, 0.05) is 10.2 Å². The SMILES string of the molecule is CC(C)(NC(=O)Nc1ccc(Br)cc1)c1ccc(F)cc1. The van der Waals surface area contributed by atoms with Crippen molar-refractivity contribution in [1.82, 2.24) is 5.32 Å². The van der Waals surface area contributed by atoms with E-state index < -0.39 is 5.54 Å². The van der Waals surface area contributed by atoms with E-state index in [1.807, 2.05) is 26.0 Å². The summed E-state index contributed by atoms with van der Waals surface area (Å²) in [6.45, 7) is 3.72. The molecule has 2 aromatic rings. The highest BCUT2D eigenvalue weighted by molar-refractivity contribution is 9.10. The lowest BCUT2D eigenvalue weighted by molar-refractivity contribution is 0.242. The minimum absolute atomic E-state index is 0.297. The van der Waals surface area contributed by atoms with Gasteiger partial charge in [0.25, 0.3) is 0 Å². The summed E-state index contributed by atoms with van der Waals surface area (Å²) in [4.78, 5) is 12.0. The topological polar surface area (TPSA) is 41.1 Å². The number of nitrogens with one attached hydrogen (secondary N) is 2. The Kier molecular flexibility index (Phi) is 4.63. The lowest BCUT2D eigenvalue weighted by Gasteiger charge is -2.27. The van der Waals surface area contributed by atoms with Gasteiger partial charge in [0.05, 0.1) is 5.54 Å². The fourth-order valence-corrected chi connectivity index (χ4v) is 2.18. The summed E-state index contributed by atoms with van der Waals surface area (Å²) in [5, 5.41) is 5.63. The first kappa shape index (κ1) is 15.5. The fraction of sp³-hybridized carbons (Fsp3) is 0.188. The maximum Gasteiger partial charge on any atom is 0.319 e. The molecular formula is C16H16BrFN2O. The zero-order valence-electron chi connectivity index (χ0n) is 11.8. The van der Waals surface area contributed by atoms with Gasteiger partial charge < -0.3 is 10.6 Å². The molecule has 0 saturated heterocycles. The molecule has 0 radical (unpaired) electrons. The van der Waals surface area contributed by atoms with Crippen LogP contribution in [0.5, 0.6) is 0 Å². The molecule has 21 heavy (non-hydrogen) atoms. The number of carbonyl (C=O) groups is 1. The number of anilines is 1. The molecule has 0 unspecified atom stereocenters. The Morgan fingerprint density at radius 3 is 2.19 bits per heavy atom. The Hall–Kier alpha value is -1.88. The van der Waals surface area contributed by atoms with Crippen molar-refractivity contribution >= 4 is 27.6 Å². The van der Waals surface area contributed by atoms with Crippen molar-refractivity contribution in [2.24, 2.45) is 0 Å². The third-order valence-electron chi connectivity index (χ3n) is 3.09. The van der Waals surface area contributed by atoms with Crippen LogP contribution in [0.1, 0.15) is 19.4 Å². The summed E-state index contributed by atoms with van der Waals surface area (Å²) in [6.07, 6.45) is 0. The summed E-state index contributed by atoms with van der Waals surface area (Å²) in [5.41, 5.74) is 0.924. The van der Waals surface area contributed by atoms with E-state index in [1.54, 1.807) is 24.3 Å². The van der Waals surface area contributed by atoms with Crippen molar-refractivity contribution in [2.75, 3.05) is 5.32 Å². The van der Waals surface area contributed by atoms with Crippen molar-refractivity contribution in [3.63, 3.8) is 0 Å². The van der Waals surface area contributed by atoms with Crippen molar-refractivity contribution in [3.8, 4) is 0 Å². The van der Waals surface area contributed by atoms with E-state index in [2.05, 4.69) is 26.6 Å². The Morgan fingerprint density at radius 1 is 1.05 bits per heavy atom. The second kappa shape index (κ2) is 6.26. The number of urea groups is 1. The predicted octanol–water partition coefficient (Wildman–Crippen LogP) is 4.65. The van der Waals surface area contributed by atoms with Gasteiger partial charge in [-0.25, -0.2) is 9.18 Å². The van der Waals surface area contributed by atoms with Gasteiger partial charge in [0.1, 0.15) is 5.82 Å². The van der Waals surface area contributed by atoms with E-state index in [0.717, 1.165) is 10.0 Å². The Morgan fingerprint density at radius 2 is 1.62 bits per heavy atom. The van der Waals surface area contributed by atoms with Crippen LogP contribution in [0.3, 0.4) is 0 Å². The molecule has 2 aromatic carbocycles. The molecule has 2 N–H and O–H groups in total. The van der Waals surface area contributed by atoms with Gasteiger partial charge in [-0.2, -0.15) is 0 Å². The number of benzene rings is 2. The molecule has 0 aliphatic carbocycles. The van der Waals surface area contributed by atoms with Crippen LogP contribution in [0.15, 0.2) is 53.0 Å². The van der Waals surface area contributed by atoms with Crippen molar-refractivity contribution in [2.45, 2.75) is 19.4 Å². The van der Waals surface area contributed by atoms with Crippen molar-refractivity contribution in [1.29, 1.82) is 0 Å². The molecule has 0 atom stereocenters. The molecular weight excluding hydrogens is 335 g/mol. The summed E-state index contributed by atoms with van der Waals surface area (Å²) in [7, 11) is 0. The van der Waals surface area contributed by atoms with E-state index >= 15 is 0 Å². The Labute approximate surface area is 131 Å². The van der Waals surface area contributed by atoms with E-state index in [0.29, 0.717) is 5.69 Å². The van der Waals surface area contributed by atoms with Gasteiger partial charge in [-0.1, -0.05) is 28.1 Å². The molecule has 3 nitrogen and oxygen atoms in total. The molecule has 5 heteroatoms. The summed E-state index contributed by atoms with van der Waals surface area (Å²) >= 11 is 3.34. The first-order chi connectivity index (χ1) is 9.87. The fourth-order valence-electron chi connectivity index (χ4n) is 1.92. The molecule has 110 valence electrons. The number of carbonyl (C=O) groups excluding carboxylic acids is 1. The first-order valence-electron chi connectivity index (χ1n) is 6.47. The van der Waals surface area contributed by atoms with E-state index in [4.69, 9.17) is 0 Å². The second-order valence-electron chi connectivity index (χ2n) is 5.22. The van der Waals surface area contributed by atoms with Crippen LogP contribution in [-0.2, 0) is 5.54 Å².